The van der Waals surface area contributed by atoms with Gasteiger partial charge in [-0.2, -0.15) is 0 Å². The van der Waals surface area contributed by atoms with E-state index in [0.717, 1.165) is 23.5 Å². The van der Waals surface area contributed by atoms with Crippen molar-refractivity contribution in [2.24, 2.45) is 11.7 Å². The summed E-state index contributed by atoms with van der Waals surface area (Å²) in [6.07, 6.45) is 5.26. The highest BCUT2D eigenvalue weighted by Gasteiger charge is 2.22. The minimum Gasteiger partial charge on any atom is -0.486 e. The lowest BCUT2D eigenvalue weighted by atomic mass is 10.1. The number of fused-ring (bicyclic) bond motifs is 1. The van der Waals surface area contributed by atoms with E-state index in [1.165, 1.54) is 0 Å². The second-order valence-electron chi connectivity index (χ2n) is 5.41. The van der Waals surface area contributed by atoms with E-state index in [4.69, 9.17) is 15.2 Å². The zero-order valence-corrected chi connectivity index (χ0v) is 11.9. The van der Waals surface area contributed by atoms with Gasteiger partial charge in [0.15, 0.2) is 11.5 Å². The molecule has 1 aromatic rings. The molecule has 3 rings (SSSR count). The van der Waals surface area contributed by atoms with Crippen LogP contribution in [0.1, 0.15) is 12.0 Å². The molecule has 1 aliphatic carbocycles. The van der Waals surface area contributed by atoms with E-state index in [9.17, 15) is 4.79 Å². The third kappa shape index (κ3) is 3.36. The molecule has 1 aliphatic heterocycles. The minimum atomic E-state index is -0.0831. The quantitative estimate of drug-likeness (QED) is 0.811. The third-order valence-electron chi connectivity index (χ3n) is 3.77. The van der Waals surface area contributed by atoms with Gasteiger partial charge < -0.3 is 20.5 Å². The molecule has 3 N–H and O–H groups in total. The van der Waals surface area contributed by atoms with Gasteiger partial charge >= 0.3 is 0 Å². The van der Waals surface area contributed by atoms with Gasteiger partial charge in [0.05, 0.1) is 5.92 Å². The van der Waals surface area contributed by atoms with Gasteiger partial charge in [-0.25, -0.2) is 0 Å². The molecule has 112 valence electrons. The Morgan fingerprint density at radius 1 is 1.24 bits per heavy atom. The van der Waals surface area contributed by atoms with Crippen molar-refractivity contribution in [2.45, 2.75) is 18.9 Å². The Balaban J connectivity index is 1.49. The van der Waals surface area contributed by atoms with Crippen LogP contribution in [0.15, 0.2) is 30.4 Å². The van der Waals surface area contributed by atoms with Gasteiger partial charge in [0, 0.05) is 12.6 Å². The molecule has 5 nitrogen and oxygen atoms in total. The molecule has 0 bridgehead atoms. The van der Waals surface area contributed by atoms with E-state index in [0.29, 0.717) is 26.2 Å². The van der Waals surface area contributed by atoms with Gasteiger partial charge in [-0.05, 0) is 30.5 Å². The van der Waals surface area contributed by atoms with E-state index in [2.05, 4.69) is 5.32 Å². The monoisotopic (exact) mass is 288 g/mol. The van der Waals surface area contributed by atoms with Crippen LogP contribution in [0, 0.1) is 5.92 Å². The molecule has 0 saturated heterocycles. The van der Waals surface area contributed by atoms with Gasteiger partial charge in [0.1, 0.15) is 13.2 Å². The highest BCUT2D eigenvalue weighted by molar-refractivity contribution is 5.81. The molecule has 1 aromatic carbocycles. The van der Waals surface area contributed by atoms with Gasteiger partial charge in [-0.1, -0.05) is 18.2 Å². The van der Waals surface area contributed by atoms with E-state index in [-0.39, 0.29) is 17.9 Å². The minimum absolute atomic E-state index is 0.0125. The molecule has 2 aliphatic rings. The largest absolute Gasteiger partial charge is 0.486 e. The average Bonchev–Trinajstić information content (AvgIpc) is 2.94. The van der Waals surface area contributed by atoms with E-state index >= 15 is 0 Å². The fraction of sp³-hybridized carbons (Fsp3) is 0.438. The highest BCUT2D eigenvalue weighted by atomic mass is 16.6. The zero-order chi connectivity index (χ0) is 14.7. The predicted molar refractivity (Wildman–Crippen MR) is 79.4 cm³/mol. The molecular formula is C16H20N2O3. The number of benzene rings is 1. The average molecular weight is 288 g/mol. The number of hydrogen-bond acceptors (Lipinski definition) is 4. The summed E-state index contributed by atoms with van der Waals surface area (Å²) < 4.78 is 11.0. The number of hydrogen-bond donors (Lipinski definition) is 2. The lowest BCUT2D eigenvalue weighted by molar-refractivity contribution is -0.123. The van der Waals surface area contributed by atoms with E-state index in [1.54, 1.807) is 0 Å². The first kappa shape index (κ1) is 13.9. The smallest absolute Gasteiger partial charge is 0.227 e. The molecule has 2 unspecified atom stereocenters. The SMILES string of the molecule is NC1C=CC(C(=O)NCCc2ccc3c(c2)OCCO3)C1. The first-order chi connectivity index (χ1) is 10.2. The first-order valence-corrected chi connectivity index (χ1v) is 7.32. The fourth-order valence-corrected chi connectivity index (χ4v) is 2.63. The molecule has 0 fully saturated rings. The second kappa shape index (κ2) is 6.18. The summed E-state index contributed by atoms with van der Waals surface area (Å²) >= 11 is 0. The van der Waals surface area contributed by atoms with Crippen molar-refractivity contribution in [1.82, 2.24) is 5.32 Å². The summed E-state index contributed by atoms with van der Waals surface area (Å²) in [5.41, 5.74) is 6.88. The van der Waals surface area contributed by atoms with E-state index < -0.39 is 0 Å². The molecule has 1 amide bonds. The topological polar surface area (TPSA) is 73.6 Å². The van der Waals surface area contributed by atoms with Crippen molar-refractivity contribution in [3.63, 3.8) is 0 Å². The van der Waals surface area contributed by atoms with Crippen LogP contribution in [0.25, 0.3) is 0 Å². The number of nitrogens with one attached hydrogen (secondary N) is 1. The number of carbonyl (C=O) groups excluding carboxylic acids is 1. The molecule has 0 aromatic heterocycles. The Bertz CT molecular complexity index is 556. The van der Waals surface area contributed by atoms with Crippen molar-refractivity contribution < 1.29 is 14.3 Å². The van der Waals surface area contributed by atoms with Crippen LogP contribution in [0.2, 0.25) is 0 Å². The van der Waals surface area contributed by atoms with Crippen molar-refractivity contribution in [3.05, 3.63) is 35.9 Å². The van der Waals surface area contributed by atoms with E-state index in [1.807, 2.05) is 30.4 Å². The third-order valence-corrected chi connectivity index (χ3v) is 3.77. The van der Waals surface area contributed by atoms with Crippen LogP contribution < -0.4 is 20.5 Å². The lowest BCUT2D eigenvalue weighted by Gasteiger charge is -2.19. The van der Waals surface area contributed by atoms with Crippen molar-refractivity contribution >= 4 is 5.91 Å². The molecule has 1 heterocycles. The Morgan fingerprint density at radius 2 is 2.05 bits per heavy atom. The molecule has 5 heteroatoms. The lowest BCUT2D eigenvalue weighted by Crippen LogP contribution is -2.32. The summed E-state index contributed by atoms with van der Waals surface area (Å²) in [5.74, 6) is 1.55. The Kier molecular flexibility index (Phi) is 4.10. The van der Waals surface area contributed by atoms with Crippen LogP contribution in [-0.2, 0) is 11.2 Å². The fourth-order valence-electron chi connectivity index (χ4n) is 2.63. The maximum Gasteiger partial charge on any atom is 0.227 e. The summed E-state index contributed by atoms with van der Waals surface area (Å²) in [6.45, 7) is 1.79. The number of ether oxygens (including phenoxy) is 2. The molecule has 21 heavy (non-hydrogen) atoms. The highest BCUT2D eigenvalue weighted by Crippen LogP contribution is 2.30. The molecule has 0 radical (unpaired) electrons. The van der Waals surface area contributed by atoms with Gasteiger partial charge in [-0.15, -0.1) is 0 Å². The summed E-state index contributed by atoms with van der Waals surface area (Å²) in [7, 11) is 0. The number of carbonyl (C=O) groups is 1. The standard InChI is InChI=1S/C16H20N2O3/c17-13-3-2-12(10-13)16(19)18-6-5-11-1-4-14-15(9-11)21-8-7-20-14/h1-4,9,12-13H,5-8,10,17H2,(H,18,19). The van der Waals surface area contributed by atoms with Crippen molar-refractivity contribution in [2.75, 3.05) is 19.8 Å². The Labute approximate surface area is 124 Å². The van der Waals surface area contributed by atoms with Crippen molar-refractivity contribution in [3.8, 4) is 11.5 Å². The van der Waals surface area contributed by atoms with Crippen LogP contribution in [0.5, 0.6) is 11.5 Å². The maximum atomic E-state index is 12.0. The summed E-state index contributed by atoms with van der Waals surface area (Å²) in [5, 5.41) is 2.96. The first-order valence-electron chi connectivity index (χ1n) is 7.32. The van der Waals surface area contributed by atoms with Crippen LogP contribution in [0.3, 0.4) is 0 Å². The molecule has 0 saturated carbocycles. The van der Waals surface area contributed by atoms with Crippen LogP contribution in [-0.4, -0.2) is 31.7 Å². The second-order valence-corrected chi connectivity index (χ2v) is 5.41. The molecule has 2 atom stereocenters. The van der Waals surface area contributed by atoms with Gasteiger partial charge in [-0.3, -0.25) is 4.79 Å². The number of nitrogens with two attached hydrogens (primary N) is 1. The van der Waals surface area contributed by atoms with Crippen LogP contribution in [0.4, 0.5) is 0 Å². The number of rotatable bonds is 4. The van der Waals surface area contributed by atoms with Gasteiger partial charge in [0.25, 0.3) is 0 Å². The molecule has 0 spiro atoms. The predicted octanol–water partition coefficient (Wildman–Crippen LogP) is 1.02. The molecular weight excluding hydrogens is 268 g/mol. The zero-order valence-electron chi connectivity index (χ0n) is 11.9. The maximum absolute atomic E-state index is 12.0. The normalized spacial score (nSPS) is 23.1. The Morgan fingerprint density at radius 3 is 2.81 bits per heavy atom. The van der Waals surface area contributed by atoms with Crippen LogP contribution >= 0.6 is 0 Å². The van der Waals surface area contributed by atoms with Crippen molar-refractivity contribution in [1.29, 1.82) is 0 Å². The summed E-state index contributed by atoms with van der Waals surface area (Å²) in [4.78, 5) is 12.0. The van der Waals surface area contributed by atoms with Gasteiger partial charge in [0.2, 0.25) is 5.91 Å². The number of amides is 1. The summed E-state index contributed by atoms with van der Waals surface area (Å²) in [6, 6.07) is 5.92. The Hall–Kier alpha value is -2.01.